The Morgan fingerprint density at radius 1 is 1.35 bits per heavy atom. The Balaban J connectivity index is 3.07. The van der Waals surface area contributed by atoms with Crippen molar-refractivity contribution in [2.75, 3.05) is 31.7 Å². The number of carbonyl (C=O) groups is 2. The molecule has 0 bridgehead atoms. The highest BCUT2D eigenvalue weighted by Gasteiger charge is 2.24. The van der Waals surface area contributed by atoms with E-state index in [9.17, 15) is 9.59 Å². The van der Waals surface area contributed by atoms with Crippen LogP contribution in [-0.4, -0.2) is 37.4 Å². The van der Waals surface area contributed by atoms with Gasteiger partial charge in [-0.05, 0) is 12.3 Å². The fourth-order valence-corrected chi connectivity index (χ4v) is 2.82. The molecule has 0 atom stereocenters. The van der Waals surface area contributed by atoms with E-state index >= 15 is 0 Å². The van der Waals surface area contributed by atoms with Crippen molar-refractivity contribution in [2.24, 2.45) is 11.7 Å². The maximum Gasteiger partial charge on any atom is 0.265 e. The van der Waals surface area contributed by atoms with Crippen molar-refractivity contribution in [3.8, 4) is 0 Å². The summed E-state index contributed by atoms with van der Waals surface area (Å²) < 4.78 is 0. The third kappa shape index (κ3) is 3.63. The molecule has 1 heterocycles. The molecule has 0 aromatic carbocycles. The van der Waals surface area contributed by atoms with E-state index in [1.54, 1.807) is 14.1 Å². The molecule has 0 spiro atoms. The number of nitrogens with one attached hydrogen (secondary N) is 1. The highest BCUT2D eigenvalue weighted by Crippen LogP contribution is 2.36. The minimum absolute atomic E-state index is 0.160. The van der Waals surface area contributed by atoms with Gasteiger partial charge in [-0.25, -0.2) is 0 Å². The van der Waals surface area contributed by atoms with Gasteiger partial charge in [-0.15, -0.1) is 11.3 Å². The van der Waals surface area contributed by atoms with E-state index in [-0.39, 0.29) is 17.2 Å². The van der Waals surface area contributed by atoms with E-state index in [0.29, 0.717) is 22.3 Å². The Kier molecular flexibility index (Phi) is 5.38. The number of nitrogens with zero attached hydrogens (tertiary/aromatic N) is 1. The highest BCUT2D eigenvalue weighted by molar-refractivity contribution is 7.19. The number of hydrogen-bond acceptors (Lipinski definition) is 5. The van der Waals surface area contributed by atoms with Gasteiger partial charge in [-0.2, -0.15) is 0 Å². The number of amides is 2. The van der Waals surface area contributed by atoms with Gasteiger partial charge >= 0.3 is 0 Å². The second-order valence-corrected chi connectivity index (χ2v) is 6.24. The van der Waals surface area contributed by atoms with Crippen LogP contribution in [0.4, 0.5) is 10.7 Å². The maximum atomic E-state index is 12.0. The van der Waals surface area contributed by atoms with Crippen LogP contribution in [0.15, 0.2) is 0 Å². The number of carbonyl (C=O) groups excluding carboxylic acids is 2. The molecule has 0 aliphatic rings. The summed E-state index contributed by atoms with van der Waals surface area (Å²) in [5, 5.41) is 3.72. The minimum Gasteiger partial charge on any atom is -0.397 e. The molecule has 7 heteroatoms. The molecule has 112 valence electrons. The summed E-state index contributed by atoms with van der Waals surface area (Å²) in [4.78, 5) is 25.3. The monoisotopic (exact) mass is 298 g/mol. The molecule has 2 amide bonds. The SMILES string of the molecule is CC(C)CCNc1sc(C(=O)N(C)C)c(N)c1C(N)=O. The normalized spacial score (nSPS) is 10.7. The summed E-state index contributed by atoms with van der Waals surface area (Å²) in [6, 6.07) is 0. The molecule has 0 fully saturated rings. The highest BCUT2D eigenvalue weighted by atomic mass is 32.1. The summed E-state index contributed by atoms with van der Waals surface area (Å²) in [6.45, 7) is 4.93. The van der Waals surface area contributed by atoms with Gasteiger partial charge in [0.05, 0.1) is 11.3 Å². The summed E-state index contributed by atoms with van der Waals surface area (Å²) >= 11 is 1.17. The van der Waals surface area contributed by atoms with Crippen LogP contribution in [0.25, 0.3) is 0 Å². The predicted molar refractivity (Wildman–Crippen MR) is 83.2 cm³/mol. The lowest BCUT2D eigenvalue weighted by molar-refractivity contribution is 0.0833. The molecule has 1 aromatic rings. The number of anilines is 2. The number of nitrogen functional groups attached to an aromatic ring is 1. The Morgan fingerprint density at radius 3 is 2.40 bits per heavy atom. The lowest BCUT2D eigenvalue weighted by Crippen LogP contribution is -2.22. The van der Waals surface area contributed by atoms with Crippen LogP contribution in [-0.2, 0) is 0 Å². The average molecular weight is 298 g/mol. The van der Waals surface area contributed by atoms with Crippen molar-refractivity contribution in [1.82, 2.24) is 4.90 Å². The van der Waals surface area contributed by atoms with Gasteiger partial charge in [0.2, 0.25) is 0 Å². The lowest BCUT2D eigenvalue weighted by Gasteiger charge is -2.08. The zero-order chi connectivity index (χ0) is 15.4. The predicted octanol–water partition coefficient (Wildman–Crippen LogP) is 1.59. The molecule has 20 heavy (non-hydrogen) atoms. The number of hydrogen-bond donors (Lipinski definition) is 3. The molecular formula is C13H22N4O2S. The van der Waals surface area contributed by atoms with Crippen LogP contribution in [0, 0.1) is 5.92 Å². The molecule has 1 aromatic heterocycles. The maximum absolute atomic E-state index is 12.0. The molecule has 6 nitrogen and oxygen atoms in total. The summed E-state index contributed by atoms with van der Waals surface area (Å²) in [5.74, 6) is -0.310. The molecule has 1 rings (SSSR count). The van der Waals surface area contributed by atoms with E-state index in [2.05, 4.69) is 19.2 Å². The van der Waals surface area contributed by atoms with Gasteiger partial charge < -0.3 is 21.7 Å². The first-order chi connectivity index (χ1) is 9.25. The van der Waals surface area contributed by atoms with Crippen LogP contribution in [0.3, 0.4) is 0 Å². The van der Waals surface area contributed by atoms with Crippen LogP contribution in [0.2, 0.25) is 0 Å². The second-order valence-electron chi connectivity index (χ2n) is 5.22. The first-order valence-electron chi connectivity index (χ1n) is 6.43. The van der Waals surface area contributed by atoms with Crippen molar-refractivity contribution in [1.29, 1.82) is 0 Å². The van der Waals surface area contributed by atoms with Gasteiger partial charge in [0.15, 0.2) is 0 Å². The molecule has 0 radical (unpaired) electrons. The van der Waals surface area contributed by atoms with Gasteiger partial charge in [-0.3, -0.25) is 9.59 Å². The number of thiophene rings is 1. The van der Waals surface area contributed by atoms with Gasteiger partial charge in [0.1, 0.15) is 9.88 Å². The zero-order valence-corrected chi connectivity index (χ0v) is 13.1. The Labute approximate surface area is 123 Å². The smallest absolute Gasteiger partial charge is 0.265 e. The van der Waals surface area contributed by atoms with Crippen LogP contribution in [0.5, 0.6) is 0 Å². The van der Waals surface area contributed by atoms with Crippen molar-refractivity contribution in [2.45, 2.75) is 20.3 Å². The third-order valence-corrected chi connectivity index (χ3v) is 3.95. The molecule has 0 aliphatic heterocycles. The van der Waals surface area contributed by atoms with Crippen LogP contribution < -0.4 is 16.8 Å². The third-order valence-electron chi connectivity index (χ3n) is 2.80. The van der Waals surface area contributed by atoms with Crippen LogP contribution >= 0.6 is 11.3 Å². The lowest BCUT2D eigenvalue weighted by atomic mass is 10.1. The average Bonchev–Trinajstić information content (AvgIpc) is 2.64. The van der Waals surface area contributed by atoms with Gasteiger partial charge in [0, 0.05) is 20.6 Å². The minimum atomic E-state index is -0.622. The Bertz CT molecular complexity index is 509. The zero-order valence-electron chi connectivity index (χ0n) is 12.3. The Hall–Kier alpha value is -1.76. The van der Waals surface area contributed by atoms with Gasteiger partial charge in [0.25, 0.3) is 11.8 Å². The fraction of sp³-hybridized carbons (Fsp3) is 0.538. The van der Waals surface area contributed by atoms with Crippen molar-refractivity contribution < 1.29 is 9.59 Å². The van der Waals surface area contributed by atoms with Crippen molar-refractivity contribution >= 4 is 33.8 Å². The van der Waals surface area contributed by atoms with Crippen molar-refractivity contribution in [3.63, 3.8) is 0 Å². The van der Waals surface area contributed by atoms with Crippen LogP contribution in [0.1, 0.15) is 40.3 Å². The van der Waals surface area contributed by atoms with E-state index < -0.39 is 5.91 Å². The molecule has 0 saturated heterocycles. The quantitative estimate of drug-likeness (QED) is 0.742. The second kappa shape index (κ2) is 6.60. The fourth-order valence-electron chi connectivity index (χ4n) is 1.65. The van der Waals surface area contributed by atoms with E-state index in [1.807, 2.05) is 0 Å². The van der Waals surface area contributed by atoms with E-state index in [4.69, 9.17) is 11.5 Å². The Morgan fingerprint density at radius 2 is 1.95 bits per heavy atom. The first kappa shape index (κ1) is 16.3. The standard InChI is InChI=1S/C13H22N4O2S/c1-7(2)5-6-16-12-8(11(15)18)9(14)10(20-12)13(19)17(3)4/h7,16H,5-6,14H2,1-4H3,(H2,15,18). The number of rotatable bonds is 6. The molecule has 5 N–H and O–H groups in total. The van der Waals surface area contributed by atoms with E-state index in [1.165, 1.54) is 16.2 Å². The number of nitrogens with two attached hydrogens (primary N) is 2. The van der Waals surface area contributed by atoms with E-state index in [0.717, 1.165) is 6.42 Å². The summed E-state index contributed by atoms with van der Waals surface area (Å²) in [6.07, 6.45) is 0.951. The van der Waals surface area contributed by atoms with Crippen molar-refractivity contribution in [3.05, 3.63) is 10.4 Å². The largest absolute Gasteiger partial charge is 0.397 e. The first-order valence-corrected chi connectivity index (χ1v) is 7.24. The summed E-state index contributed by atoms with van der Waals surface area (Å²) in [5.41, 5.74) is 11.6. The molecule has 0 saturated carbocycles. The summed E-state index contributed by atoms with van der Waals surface area (Å²) in [7, 11) is 3.27. The number of primary amides is 1. The topological polar surface area (TPSA) is 101 Å². The molecule has 0 aliphatic carbocycles. The molecular weight excluding hydrogens is 276 g/mol. The van der Waals surface area contributed by atoms with Gasteiger partial charge in [-0.1, -0.05) is 13.8 Å². The molecule has 0 unspecified atom stereocenters.